The van der Waals surface area contributed by atoms with Gasteiger partial charge in [0.1, 0.15) is 12.4 Å². The second-order valence-electron chi connectivity index (χ2n) is 5.62. The Hall–Kier alpha value is -2.49. The molecule has 2 N–H and O–H groups in total. The fraction of sp³-hybridized carbons (Fsp3) is 0.235. The minimum Gasteiger partial charge on any atom is -0.452 e. The number of carbonyl (C=O) groups is 2. The van der Waals surface area contributed by atoms with Crippen LogP contribution in [0.25, 0.3) is 0 Å². The number of rotatable bonds is 7. The Morgan fingerprint density at radius 3 is 2.44 bits per heavy atom. The molecule has 10 heteroatoms. The summed E-state index contributed by atoms with van der Waals surface area (Å²) < 4.78 is 31.3. The number of anilines is 1. The maximum absolute atomic E-state index is 12.1. The molecule has 27 heavy (non-hydrogen) atoms. The molecule has 1 amide bonds. The third kappa shape index (κ3) is 6.31. The van der Waals surface area contributed by atoms with Crippen LogP contribution in [0.1, 0.15) is 12.5 Å². The Kier molecular flexibility index (Phi) is 6.89. The molecule has 1 heterocycles. The van der Waals surface area contributed by atoms with Crippen molar-refractivity contribution in [3.05, 3.63) is 53.2 Å². The van der Waals surface area contributed by atoms with Gasteiger partial charge in [-0.15, -0.1) is 0 Å². The number of carbonyl (C=O) groups excluding carboxylic acids is 2. The van der Waals surface area contributed by atoms with E-state index in [1.54, 1.807) is 18.2 Å². The standard InChI is InChI=1S/C17H18ClN3O5S/c1-11-3-6-14(7-4-11)27(24,25)20-10-16(22)26-12(2)17(23)21-15-8-5-13(18)9-19-15/h3-9,12,20H,10H2,1-2H3,(H,19,21,23)/t12-/m1/s1. The first-order chi connectivity index (χ1) is 12.7. The van der Waals surface area contributed by atoms with E-state index in [1.807, 2.05) is 6.92 Å². The Bertz CT molecular complexity index is 915. The van der Waals surface area contributed by atoms with Crippen LogP contribution in [0.4, 0.5) is 5.82 Å². The number of aryl methyl sites for hydroxylation is 1. The highest BCUT2D eigenvalue weighted by Crippen LogP contribution is 2.11. The molecule has 1 aromatic heterocycles. The van der Waals surface area contributed by atoms with E-state index in [0.29, 0.717) is 5.02 Å². The molecule has 2 rings (SSSR count). The van der Waals surface area contributed by atoms with Gasteiger partial charge < -0.3 is 10.1 Å². The van der Waals surface area contributed by atoms with Gasteiger partial charge in [-0.2, -0.15) is 4.72 Å². The number of esters is 1. The SMILES string of the molecule is Cc1ccc(S(=O)(=O)NCC(=O)O[C@H](C)C(=O)Nc2ccc(Cl)cn2)cc1. The number of benzene rings is 1. The van der Waals surface area contributed by atoms with Crippen molar-refractivity contribution in [1.82, 2.24) is 9.71 Å². The van der Waals surface area contributed by atoms with Crippen molar-refractivity contribution in [2.75, 3.05) is 11.9 Å². The van der Waals surface area contributed by atoms with E-state index in [-0.39, 0.29) is 10.7 Å². The van der Waals surface area contributed by atoms with E-state index < -0.39 is 34.5 Å². The molecule has 0 saturated carbocycles. The number of hydrogen-bond donors (Lipinski definition) is 2. The number of halogens is 1. The molecule has 0 radical (unpaired) electrons. The third-order valence-corrected chi connectivity index (χ3v) is 5.03. The van der Waals surface area contributed by atoms with Gasteiger partial charge in [-0.1, -0.05) is 29.3 Å². The van der Waals surface area contributed by atoms with E-state index in [2.05, 4.69) is 15.0 Å². The molecule has 144 valence electrons. The number of nitrogens with zero attached hydrogens (tertiary/aromatic N) is 1. The van der Waals surface area contributed by atoms with E-state index in [9.17, 15) is 18.0 Å². The van der Waals surface area contributed by atoms with Gasteiger partial charge in [0.15, 0.2) is 6.10 Å². The summed E-state index contributed by atoms with van der Waals surface area (Å²) in [6.07, 6.45) is 0.215. The van der Waals surface area contributed by atoms with Crippen LogP contribution < -0.4 is 10.0 Å². The van der Waals surface area contributed by atoms with Crippen LogP contribution in [0, 0.1) is 6.92 Å². The lowest BCUT2D eigenvalue weighted by Gasteiger charge is -2.13. The number of pyridine rings is 1. The minimum atomic E-state index is -3.85. The molecule has 0 fully saturated rings. The number of sulfonamides is 1. The molecule has 8 nitrogen and oxygen atoms in total. The van der Waals surface area contributed by atoms with Gasteiger partial charge in [0.05, 0.1) is 9.92 Å². The fourth-order valence-electron chi connectivity index (χ4n) is 1.92. The van der Waals surface area contributed by atoms with Crippen molar-refractivity contribution in [3.63, 3.8) is 0 Å². The highest BCUT2D eigenvalue weighted by molar-refractivity contribution is 7.89. The van der Waals surface area contributed by atoms with Crippen molar-refractivity contribution < 1.29 is 22.7 Å². The Labute approximate surface area is 161 Å². The lowest BCUT2D eigenvalue weighted by Crippen LogP contribution is -2.36. The lowest BCUT2D eigenvalue weighted by atomic mass is 10.2. The summed E-state index contributed by atoms with van der Waals surface area (Å²) in [6, 6.07) is 9.18. The Balaban J connectivity index is 1.86. The van der Waals surface area contributed by atoms with Gasteiger partial charge >= 0.3 is 5.97 Å². The highest BCUT2D eigenvalue weighted by Gasteiger charge is 2.21. The van der Waals surface area contributed by atoms with Crippen molar-refractivity contribution in [2.45, 2.75) is 24.8 Å². The van der Waals surface area contributed by atoms with Crippen LogP contribution in [0.2, 0.25) is 5.02 Å². The molecular weight excluding hydrogens is 394 g/mol. The first-order valence-electron chi connectivity index (χ1n) is 7.85. The maximum Gasteiger partial charge on any atom is 0.321 e. The molecular formula is C17H18ClN3O5S. The van der Waals surface area contributed by atoms with Gasteiger partial charge in [0.25, 0.3) is 5.91 Å². The van der Waals surface area contributed by atoms with Gasteiger partial charge in [-0.25, -0.2) is 13.4 Å². The van der Waals surface area contributed by atoms with Crippen LogP contribution >= 0.6 is 11.6 Å². The minimum absolute atomic E-state index is 0.0282. The highest BCUT2D eigenvalue weighted by atomic mass is 35.5. The number of ether oxygens (including phenoxy) is 1. The van der Waals surface area contributed by atoms with E-state index >= 15 is 0 Å². The molecule has 0 aliphatic rings. The molecule has 0 saturated heterocycles. The third-order valence-electron chi connectivity index (χ3n) is 3.39. The molecule has 0 bridgehead atoms. The summed E-state index contributed by atoms with van der Waals surface area (Å²) in [7, 11) is -3.85. The average molecular weight is 412 g/mol. The molecule has 2 aromatic rings. The monoisotopic (exact) mass is 411 g/mol. The molecule has 0 spiro atoms. The quantitative estimate of drug-likeness (QED) is 0.672. The molecule has 0 unspecified atom stereocenters. The topological polar surface area (TPSA) is 114 Å². The Morgan fingerprint density at radius 2 is 1.85 bits per heavy atom. The fourth-order valence-corrected chi connectivity index (χ4v) is 3.01. The summed E-state index contributed by atoms with van der Waals surface area (Å²) in [5, 5.41) is 2.86. The summed E-state index contributed by atoms with van der Waals surface area (Å²) in [4.78, 5) is 27.7. The second-order valence-corrected chi connectivity index (χ2v) is 7.82. The van der Waals surface area contributed by atoms with Crippen LogP contribution in [-0.4, -0.2) is 37.9 Å². The second kappa shape index (κ2) is 8.94. The first kappa shape index (κ1) is 20.8. The van der Waals surface area contributed by atoms with Crippen molar-refractivity contribution >= 4 is 39.3 Å². The average Bonchev–Trinajstić information content (AvgIpc) is 2.62. The van der Waals surface area contributed by atoms with E-state index in [1.165, 1.54) is 31.3 Å². The zero-order chi connectivity index (χ0) is 20.0. The van der Waals surface area contributed by atoms with Crippen LogP contribution in [0.3, 0.4) is 0 Å². The number of nitrogens with one attached hydrogen (secondary N) is 2. The number of amides is 1. The Morgan fingerprint density at radius 1 is 1.19 bits per heavy atom. The van der Waals surface area contributed by atoms with Crippen molar-refractivity contribution in [2.24, 2.45) is 0 Å². The van der Waals surface area contributed by atoms with Crippen molar-refractivity contribution in [1.29, 1.82) is 0 Å². The van der Waals surface area contributed by atoms with Gasteiger partial charge in [-0.05, 0) is 38.1 Å². The van der Waals surface area contributed by atoms with Crippen LogP contribution in [-0.2, 0) is 24.3 Å². The summed E-state index contributed by atoms with van der Waals surface area (Å²) in [6.45, 7) is 2.58. The van der Waals surface area contributed by atoms with Crippen LogP contribution in [0.5, 0.6) is 0 Å². The summed E-state index contributed by atoms with van der Waals surface area (Å²) in [5.41, 5.74) is 0.906. The summed E-state index contributed by atoms with van der Waals surface area (Å²) >= 11 is 5.70. The summed E-state index contributed by atoms with van der Waals surface area (Å²) in [5.74, 6) is -1.26. The largest absolute Gasteiger partial charge is 0.452 e. The van der Waals surface area contributed by atoms with E-state index in [0.717, 1.165) is 5.56 Å². The number of hydrogen-bond acceptors (Lipinski definition) is 6. The smallest absolute Gasteiger partial charge is 0.321 e. The van der Waals surface area contributed by atoms with E-state index in [4.69, 9.17) is 16.3 Å². The van der Waals surface area contributed by atoms with Crippen LogP contribution in [0.15, 0.2) is 47.5 Å². The molecule has 1 aromatic carbocycles. The van der Waals surface area contributed by atoms with Gasteiger partial charge in [0.2, 0.25) is 10.0 Å². The maximum atomic E-state index is 12.1. The first-order valence-corrected chi connectivity index (χ1v) is 9.72. The zero-order valence-electron chi connectivity index (χ0n) is 14.6. The molecule has 1 atom stereocenters. The predicted molar refractivity (Wildman–Crippen MR) is 99.8 cm³/mol. The lowest BCUT2D eigenvalue weighted by molar-refractivity contribution is -0.151. The molecule has 0 aliphatic carbocycles. The van der Waals surface area contributed by atoms with Gasteiger partial charge in [0, 0.05) is 6.20 Å². The van der Waals surface area contributed by atoms with Crippen molar-refractivity contribution in [3.8, 4) is 0 Å². The van der Waals surface area contributed by atoms with Gasteiger partial charge in [-0.3, -0.25) is 9.59 Å². The zero-order valence-corrected chi connectivity index (χ0v) is 16.2. The predicted octanol–water partition coefficient (Wildman–Crippen LogP) is 1.89. The molecule has 0 aliphatic heterocycles. The number of aromatic nitrogens is 1. The normalized spacial score (nSPS) is 12.3.